The van der Waals surface area contributed by atoms with Crippen LogP contribution in [-0.4, -0.2) is 12.8 Å². The summed E-state index contributed by atoms with van der Waals surface area (Å²) in [5.74, 6) is 1.11. The van der Waals surface area contributed by atoms with Crippen molar-refractivity contribution in [2.24, 2.45) is 5.10 Å². The van der Waals surface area contributed by atoms with Crippen LogP contribution >= 0.6 is 45.8 Å². The molecule has 3 aromatic carbocycles. The second kappa shape index (κ2) is 11.4. The molecule has 0 aliphatic rings. The first-order valence-electron chi connectivity index (χ1n) is 9.39. The first-order valence-corrected chi connectivity index (χ1v) is 11.2. The molecule has 0 aliphatic carbocycles. The molecule has 3 aromatic rings. The molecule has 4 nitrogen and oxygen atoms in total. The highest BCUT2D eigenvalue weighted by Gasteiger charge is 2.12. The Bertz CT molecular complexity index is 1010. The third-order valence-corrected chi connectivity index (χ3v) is 5.53. The lowest BCUT2D eigenvalue weighted by atomic mass is 10.2. The predicted molar refractivity (Wildman–Crippen MR) is 132 cm³/mol. The van der Waals surface area contributed by atoms with E-state index in [4.69, 9.17) is 32.7 Å². The van der Waals surface area contributed by atoms with E-state index in [0.29, 0.717) is 41.3 Å². The minimum absolute atomic E-state index is 0.406. The first-order chi connectivity index (χ1) is 14.6. The predicted octanol–water partition coefficient (Wildman–Crippen LogP) is 6.70. The van der Waals surface area contributed by atoms with Gasteiger partial charge in [-0.15, -0.1) is 0 Å². The fourth-order valence-corrected chi connectivity index (χ4v) is 3.53. The molecular weight excluding hydrogens is 534 g/mol. The molecule has 0 atom stereocenters. The molecular formula is C23H21Cl2IN2O2. The molecule has 30 heavy (non-hydrogen) atoms. The highest BCUT2D eigenvalue weighted by Crippen LogP contribution is 2.37. The maximum absolute atomic E-state index is 6.49. The van der Waals surface area contributed by atoms with Crippen molar-refractivity contribution in [3.05, 3.63) is 91.0 Å². The first kappa shape index (κ1) is 22.7. The van der Waals surface area contributed by atoms with Crippen LogP contribution in [0.2, 0.25) is 10.0 Å². The Labute approximate surface area is 200 Å². The maximum atomic E-state index is 6.49. The zero-order valence-corrected chi connectivity index (χ0v) is 20.0. The molecule has 1 N–H and O–H groups in total. The average molecular weight is 555 g/mol. The van der Waals surface area contributed by atoms with Gasteiger partial charge >= 0.3 is 0 Å². The zero-order chi connectivity index (χ0) is 21.3. The van der Waals surface area contributed by atoms with Crippen LogP contribution in [0.5, 0.6) is 11.5 Å². The molecule has 0 saturated heterocycles. The van der Waals surface area contributed by atoms with Crippen molar-refractivity contribution in [2.75, 3.05) is 6.61 Å². The SMILES string of the molecule is CCOc1cc(/C=N\NCc2ccccc2Cl)cc(Cl)c1OCc1ccc(I)cc1. The summed E-state index contributed by atoms with van der Waals surface area (Å²) < 4.78 is 12.9. The largest absolute Gasteiger partial charge is 0.490 e. The van der Waals surface area contributed by atoms with E-state index in [9.17, 15) is 0 Å². The van der Waals surface area contributed by atoms with Crippen LogP contribution in [0, 0.1) is 3.57 Å². The van der Waals surface area contributed by atoms with Gasteiger partial charge in [-0.25, -0.2) is 0 Å². The lowest BCUT2D eigenvalue weighted by Gasteiger charge is -2.14. The number of ether oxygens (including phenoxy) is 2. The molecule has 156 valence electrons. The van der Waals surface area contributed by atoms with Crippen molar-refractivity contribution in [3.8, 4) is 11.5 Å². The fraction of sp³-hybridized carbons (Fsp3) is 0.174. The standard InChI is InChI=1S/C23H21Cl2IN2O2/c1-2-29-22-12-17(13-27-28-14-18-5-3-4-6-20(18)24)11-21(25)23(22)30-15-16-7-9-19(26)10-8-16/h3-13,28H,2,14-15H2,1H3/b27-13-. The molecule has 0 amide bonds. The highest BCUT2D eigenvalue weighted by atomic mass is 127. The lowest BCUT2D eigenvalue weighted by Crippen LogP contribution is -2.06. The number of rotatable bonds is 9. The van der Waals surface area contributed by atoms with Gasteiger partial charge in [-0.1, -0.05) is 53.5 Å². The topological polar surface area (TPSA) is 42.8 Å². The van der Waals surface area contributed by atoms with E-state index in [1.54, 1.807) is 12.3 Å². The summed E-state index contributed by atoms with van der Waals surface area (Å²) in [6.07, 6.45) is 1.69. The van der Waals surface area contributed by atoms with Crippen molar-refractivity contribution in [1.29, 1.82) is 0 Å². The molecule has 3 rings (SSSR count). The molecule has 7 heteroatoms. The summed E-state index contributed by atoms with van der Waals surface area (Å²) in [6, 6.07) is 19.4. The molecule has 0 saturated carbocycles. The number of hydrazone groups is 1. The molecule has 0 radical (unpaired) electrons. The normalized spacial score (nSPS) is 10.9. The van der Waals surface area contributed by atoms with Gasteiger partial charge in [0.2, 0.25) is 0 Å². The smallest absolute Gasteiger partial charge is 0.180 e. The van der Waals surface area contributed by atoms with Gasteiger partial charge in [0.05, 0.1) is 24.4 Å². The van der Waals surface area contributed by atoms with Gasteiger partial charge in [-0.2, -0.15) is 5.10 Å². The van der Waals surface area contributed by atoms with Gasteiger partial charge in [-0.3, -0.25) is 0 Å². The van der Waals surface area contributed by atoms with Crippen LogP contribution in [0.1, 0.15) is 23.6 Å². The van der Waals surface area contributed by atoms with Gasteiger partial charge in [0.25, 0.3) is 0 Å². The average Bonchev–Trinajstić information content (AvgIpc) is 2.73. The second-order valence-electron chi connectivity index (χ2n) is 6.36. The Kier molecular flexibility index (Phi) is 8.66. The molecule has 0 fully saturated rings. The van der Waals surface area contributed by atoms with Crippen LogP contribution in [-0.2, 0) is 13.2 Å². The molecule has 0 spiro atoms. The Morgan fingerprint density at radius 3 is 2.50 bits per heavy atom. The highest BCUT2D eigenvalue weighted by molar-refractivity contribution is 14.1. The number of hydrogen-bond acceptors (Lipinski definition) is 4. The van der Waals surface area contributed by atoms with E-state index in [1.165, 1.54) is 3.57 Å². The van der Waals surface area contributed by atoms with Crippen molar-refractivity contribution in [3.63, 3.8) is 0 Å². The summed E-state index contributed by atoms with van der Waals surface area (Å²) in [6.45, 7) is 3.35. The Hall–Kier alpha value is -1.96. The monoisotopic (exact) mass is 554 g/mol. The van der Waals surface area contributed by atoms with E-state index in [2.05, 4.69) is 33.1 Å². The zero-order valence-electron chi connectivity index (χ0n) is 16.4. The number of halogens is 3. The van der Waals surface area contributed by atoms with Crippen LogP contribution in [0.3, 0.4) is 0 Å². The second-order valence-corrected chi connectivity index (χ2v) is 8.42. The number of benzene rings is 3. The maximum Gasteiger partial charge on any atom is 0.180 e. The van der Waals surface area contributed by atoms with E-state index >= 15 is 0 Å². The molecule has 0 aromatic heterocycles. The van der Waals surface area contributed by atoms with Gasteiger partial charge in [0.1, 0.15) is 6.61 Å². The van der Waals surface area contributed by atoms with Crippen LogP contribution in [0.4, 0.5) is 0 Å². The van der Waals surface area contributed by atoms with Gasteiger partial charge in [0.15, 0.2) is 11.5 Å². The number of nitrogens with zero attached hydrogens (tertiary/aromatic N) is 1. The molecule has 0 heterocycles. The minimum atomic E-state index is 0.406. The van der Waals surface area contributed by atoms with Crippen molar-refractivity contribution in [1.82, 2.24) is 5.43 Å². The fourth-order valence-electron chi connectivity index (χ4n) is 2.69. The van der Waals surface area contributed by atoms with Crippen LogP contribution in [0.25, 0.3) is 0 Å². The van der Waals surface area contributed by atoms with Crippen molar-refractivity contribution >= 4 is 52.0 Å². The Morgan fingerprint density at radius 1 is 1.00 bits per heavy atom. The summed E-state index contributed by atoms with van der Waals surface area (Å²) >= 11 is 14.9. The Morgan fingerprint density at radius 2 is 1.77 bits per heavy atom. The molecule has 0 bridgehead atoms. The number of hydrogen-bond donors (Lipinski definition) is 1. The van der Waals surface area contributed by atoms with Crippen molar-refractivity contribution < 1.29 is 9.47 Å². The van der Waals surface area contributed by atoms with Crippen LogP contribution in [0.15, 0.2) is 65.8 Å². The summed E-state index contributed by atoms with van der Waals surface area (Å²) in [5, 5.41) is 5.44. The van der Waals surface area contributed by atoms with Gasteiger partial charge in [0, 0.05) is 8.59 Å². The van der Waals surface area contributed by atoms with E-state index in [1.807, 2.05) is 61.5 Å². The van der Waals surface area contributed by atoms with Crippen molar-refractivity contribution in [2.45, 2.75) is 20.1 Å². The summed E-state index contributed by atoms with van der Waals surface area (Å²) in [5.41, 5.74) is 5.83. The molecule has 0 aliphatic heterocycles. The summed E-state index contributed by atoms with van der Waals surface area (Å²) in [7, 11) is 0. The van der Waals surface area contributed by atoms with E-state index < -0.39 is 0 Å². The van der Waals surface area contributed by atoms with E-state index in [-0.39, 0.29) is 0 Å². The van der Waals surface area contributed by atoms with E-state index in [0.717, 1.165) is 16.7 Å². The van der Waals surface area contributed by atoms with Gasteiger partial charge < -0.3 is 14.9 Å². The lowest BCUT2D eigenvalue weighted by molar-refractivity contribution is 0.269. The summed E-state index contributed by atoms with van der Waals surface area (Å²) in [4.78, 5) is 0. The quantitative estimate of drug-likeness (QED) is 0.182. The third-order valence-electron chi connectivity index (χ3n) is 4.16. The van der Waals surface area contributed by atoms with Crippen LogP contribution < -0.4 is 14.9 Å². The third kappa shape index (κ3) is 6.52. The minimum Gasteiger partial charge on any atom is -0.490 e. The number of nitrogens with one attached hydrogen (secondary N) is 1. The Balaban J connectivity index is 1.68. The van der Waals surface area contributed by atoms with Gasteiger partial charge in [-0.05, 0) is 76.5 Å². The molecule has 0 unspecified atom stereocenters.